The maximum Gasteiger partial charge on any atom is 0.123 e. The fourth-order valence-electron chi connectivity index (χ4n) is 1.50. The molecule has 1 aromatic rings. The van der Waals surface area contributed by atoms with Crippen LogP contribution >= 0.6 is 0 Å². The highest BCUT2D eigenvalue weighted by molar-refractivity contribution is 5.54. The van der Waals surface area contributed by atoms with E-state index >= 15 is 0 Å². The number of benzene rings is 1. The number of carbonyl (C=O) groups is 1. The molecule has 0 heterocycles. The van der Waals surface area contributed by atoms with E-state index in [0.717, 1.165) is 24.0 Å². The predicted molar refractivity (Wildman–Crippen MR) is 56.7 cm³/mol. The zero-order valence-corrected chi connectivity index (χ0v) is 8.91. The molecular weight excluding hydrogens is 176 g/mol. The van der Waals surface area contributed by atoms with Gasteiger partial charge in [-0.15, -0.1) is 0 Å². The average Bonchev–Trinajstić information content (AvgIpc) is 2.21. The molecule has 0 saturated carbocycles. The first-order valence-electron chi connectivity index (χ1n) is 4.76. The molecule has 0 aliphatic rings. The van der Waals surface area contributed by atoms with Crippen molar-refractivity contribution in [2.75, 3.05) is 7.11 Å². The van der Waals surface area contributed by atoms with Gasteiger partial charge in [0.2, 0.25) is 0 Å². The van der Waals surface area contributed by atoms with Gasteiger partial charge < -0.3 is 9.53 Å². The normalized spacial score (nSPS) is 12.2. The summed E-state index contributed by atoms with van der Waals surface area (Å²) in [6.45, 7) is 3.94. The summed E-state index contributed by atoms with van der Waals surface area (Å²) in [6, 6.07) is 5.93. The van der Waals surface area contributed by atoms with Crippen molar-refractivity contribution in [3.8, 4) is 5.75 Å². The van der Waals surface area contributed by atoms with Gasteiger partial charge in [0.05, 0.1) is 7.11 Å². The fraction of sp³-hybridized carbons (Fsp3) is 0.417. The van der Waals surface area contributed by atoms with Crippen LogP contribution in [0.3, 0.4) is 0 Å². The maximum atomic E-state index is 10.5. The third-order valence-electron chi connectivity index (χ3n) is 2.39. The van der Waals surface area contributed by atoms with Gasteiger partial charge in [0.25, 0.3) is 0 Å². The Hall–Kier alpha value is -1.31. The van der Waals surface area contributed by atoms with Crippen LogP contribution in [-0.4, -0.2) is 13.4 Å². The Morgan fingerprint density at radius 2 is 2.21 bits per heavy atom. The van der Waals surface area contributed by atoms with E-state index in [4.69, 9.17) is 4.74 Å². The first kappa shape index (κ1) is 10.8. The van der Waals surface area contributed by atoms with Crippen LogP contribution in [0.4, 0.5) is 0 Å². The highest BCUT2D eigenvalue weighted by Crippen LogP contribution is 2.22. The Morgan fingerprint density at radius 3 is 2.79 bits per heavy atom. The van der Waals surface area contributed by atoms with Crippen LogP contribution < -0.4 is 4.74 Å². The maximum absolute atomic E-state index is 10.5. The number of carbonyl (C=O) groups excluding carboxylic acids is 1. The molecule has 0 amide bonds. The molecule has 76 valence electrons. The van der Waals surface area contributed by atoms with Gasteiger partial charge in [-0.2, -0.15) is 0 Å². The molecule has 0 aromatic heterocycles. The topological polar surface area (TPSA) is 26.3 Å². The van der Waals surface area contributed by atoms with Gasteiger partial charge in [0.1, 0.15) is 12.0 Å². The van der Waals surface area contributed by atoms with E-state index in [1.807, 2.05) is 32.0 Å². The van der Waals surface area contributed by atoms with Crippen LogP contribution in [0.15, 0.2) is 18.2 Å². The third-order valence-corrected chi connectivity index (χ3v) is 2.39. The zero-order valence-electron chi connectivity index (χ0n) is 8.91. The van der Waals surface area contributed by atoms with Crippen LogP contribution in [0.1, 0.15) is 18.1 Å². The van der Waals surface area contributed by atoms with Gasteiger partial charge >= 0.3 is 0 Å². The molecule has 2 nitrogen and oxygen atoms in total. The number of aldehydes is 1. The molecular formula is C12H16O2. The summed E-state index contributed by atoms with van der Waals surface area (Å²) in [5, 5.41) is 0. The second kappa shape index (κ2) is 4.80. The first-order chi connectivity index (χ1) is 6.69. The van der Waals surface area contributed by atoms with E-state index in [9.17, 15) is 4.79 Å². The van der Waals surface area contributed by atoms with Crippen LogP contribution in [0.5, 0.6) is 5.75 Å². The zero-order chi connectivity index (χ0) is 10.6. The van der Waals surface area contributed by atoms with Gasteiger partial charge in [0, 0.05) is 5.92 Å². The van der Waals surface area contributed by atoms with Crippen molar-refractivity contribution in [2.45, 2.75) is 20.3 Å². The van der Waals surface area contributed by atoms with Gasteiger partial charge in [-0.1, -0.05) is 19.1 Å². The van der Waals surface area contributed by atoms with Gasteiger partial charge in [-0.3, -0.25) is 0 Å². The number of ether oxygens (including phenoxy) is 1. The highest BCUT2D eigenvalue weighted by atomic mass is 16.5. The van der Waals surface area contributed by atoms with Crippen molar-refractivity contribution in [1.82, 2.24) is 0 Å². The lowest BCUT2D eigenvalue weighted by atomic mass is 9.98. The second-order valence-electron chi connectivity index (χ2n) is 3.56. The summed E-state index contributed by atoms with van der Waals surface area (Å²) in [5.74, 6) is 0.960. The molecule has 1 aromatic carbocycles. The molecule has 14 heavy (non-hydrogen) atoms. The summed E-state index contributed by atoms with van der Waals surface area (Å²) in [7, 11) is 1.66. The van der Waals surface area contributed by atoms with Crippen molar-refractivity contribution in [3.63, 3.8) is 0 Å². The lowest BCUT2D eigenvalue weighted by Gasteiger charge is -2.11. The number of hydrogen-bond acceptors (Lipinski definition) is 2. The van der Waals surface area contributed by atoms with E-state index in [-0.39, 0.29) is 5.92 Å². The minimum absolute atomic E-state index is 0.0702. The second-order valence-corrected chi connectivity index (χ2v) is 3.56. The summed E-state index contributed by atoms with van der Waals surface area (Å²) >= 11 is 0. The summed E-state index contributed by atoms with van der Waals surface area (Å²) in [5.41, 5.74) is 2.31. The fourth-order valence-corrected chi connectivity index (χ4v) is 1.50. The molecule has 0 aliphatic heterocycles. The smallest absolute Gasteiger partial charge is 0.123 e. The van der Waals surface area contributed by atoms with Gasteiger partial charge in [-0.25, -0.2) is 0 Å². The molecule has 0 radical (unpaired) electrons. The SMILES string of the molecule is COc1cccc(CC(C)C=O)c1C. The van der Waals surface area contributed by atoms with E-state index in [0.29, 0.717) is 0 Å². The molecule has 1 atom stereocenters. The number of hydrogen-bond donors (Lipinski definition) is 0. The van der Waals surface area contributed by atoms with Crippen molar-refractivity contribution >= 4 is 6.29 Å². The monoisotopic (exact) mass is 192 g/mol. The Balaban J connectivity index is 2.91. The minimum atomic E-state index is 0.0702. The lowest BCUT2D eigenvalue weighted by molar-refractivity contribution is -0.110. The summed E-state index contributed by atoms with van der Waals surface area (Å²) < 4.78 is 5.21. The molecule has 0 spiro atoms. The first-order valence-corrected chi connectivity index (χ1v) is 4.76. The average molecular weight is 192 g/mol. The molecule has 1 rings (SSSR count). The Morgan fingerprint density at radius 1 is 1.50 bits per heavy atom. The quantitative estimate of drug-likeness (QED) is 0.685. The van der Waals surface area contributed by atoms with Crippen LogP contribution in [-0.2, 0) is 11.2 Å². The van der Waals surface area contributed by atoms with Crippen LogP contribution in [0.25, 0.3) is 0 Å². The van der Waals surface area contributed by atoms with E-state index < -0.39 is 0 Å². The van der Waals surface area contributed by atoms with Gasteiger partial charge in [0.15, 0.2) is 0 Å². The number of methoxy groups -OCH3 is 1. The van der Waals surface area contributed by atoms with E-state index in [2.05, 4.69) is 0 Å². The number of rotatable bonds is 4. The minimum Gasteiger partial charge on any atom is -0.496 e. The van der Waals surface area contributed by atoms with Gasteiger partial charge in [-0.05, 0) is 30.5 Å². The Kier molecular flexibility index (Phi) is 3.69. The predicted octanol–water partition coefficient (Wildman–Crippen LogP) is 2.38. The largest absolute Gasteiger partial charge is 0.496 e. The van der Waals surface area contributed by atoms with Crippen LogP contribution in [0.2, 0.25) is 0 Å². The molecule has 1 unspecified atom stereocenters. The lowest BCUT2D eigenvalue weighted by Crippen LogP contribution is -2.03. The van der Waals surface area contributed by atoms with Crippen molar-refractivity contribution < 1.29 is 9.53 Å². The van der Waals surface area contributed by atoms with Crippen molar-refractivity contribution in [2.24, 2.45) is 5.92 Å². The molecule has 0 saturated heterocycles. The molecule has 0 fully saturated rings. The Bertz CT molecular complexity index is 318. The molecule has 0 N–H and O–H groups in total. The van der Waals surface area contributed by atoms with Crippen molar-refractivity contribution in [1.29, 1.82) is 0 Å². The molecule has 2 heteroatoms. The standard InChI is InChI=1S/C12H16O2/c1-9(8-13)7-11-5-4-6-12(14-3)10(11)2/h4-6,8-9H,7H2,1-3H3. The molecule has 0 aliphatic carbocycles. The van der Waals surface area contributed by atoms with Crippen LogP contribution in [0, 0.1) is 12.8 Å². The third kappa shape index (κ3) is 2.34. The molecule has 0 bridgehead atoms. The summed E-state index contributed by atoms with van der Waals surface area (Å²) in [6.07, 6.45) is 1.77. The Labute approximate surface area is 84.9 Å². The van der Waals surface area contributed by atoms with E-state index in [1.165, 1.54) is 5.56 Å². The van der Waals surface area contributed by atoms with E-state index in [1.54, 1.807) is 7.11 Å². The summed E-state index contributed by atoms with van der Waals surface area (Å²) in [4.78, 5) is 10.5. The highest BCUT2D eigenvalue weighted by Gasteiger charge is 2.07. The van der Waals surface area contributed by atoms with Crippen molar-refractivity contribution in [3.05, 3.63) is 29.3 Å².